The molecule has 0 aliphatic heterocycles. The molecule has 0 spiro atoms. The van der Waals surface area contributed by atoms with Crippen molar-refractivity contribution in [2.75, 3.05) is 4.90 Å². The first kappa shape index (κ1) is 31.6. The minimum Gasteiger partial charge on any atom is -0.310 e. The van der Waals surface area contributed by atoms with Crippen molar-refractivity contribution < 1.29 is 0 Å². The van der Waals surface area contributed by atoms with Crippen LogP contribution < -0.4 is 4.90 Å². The summed E-state index contributed by atoms with van der Waals surface area (Å²) in [6.45, 7) is 0. The van der Waals surface area contributed by atoms with E-state index in [1.165, 1.54) is 66.0 Å². The maximum atomic E-state index is 2.41. The monoisotopic (exact) mass is 688 g/mol. The Bertz CT molecular complexity index is 2920. The normalized spacial score (nSPS) is 11.3. The van der Waals surface area contributed by atoms with E-state index in [2.05, 4.69) is 228 Å². The van der Waals surface area contributed by atoms with Gasteiger partial charge < -0.3 is 9.47 Å². The molecule has 0 bridgehead atoms. The number of rotatable bonds is 7. The molecule has 9 aromatic carbocycles. The Labute approximate surface area is 315 Å². The van der Waals surface area contributed by atoms with Crippen LogP contribution >= 0.6 is 0 Å². The van der Waals surface area contributed by atoms with Gasteiger partial charge in [-0.3, -0.25) is 0 Å². The van der Waals surface area contributed by atoms with Crippen molar-refractivity contribution in [3.63, 3.8) is 0 Å². The summed E-state index contributed by atoms with van der Waals surface area (Å²) >= 11 is 0. The molecule has 2 nitrogen and oxygen atoms in total. The van der Waals surface area contributed by atoms with Crippen LogP contribution in [0.5, 0.6) is 0 Å². The number of fused-ring (bicyclic) bond motifs is 4. The lowest BCUT2D eigenvalue weighted by molar-refractivity contribution is 1.18. The van der Waals surface area contributed by atoms with Gasteiger partial charge in [0.1, 0.15) is 0 Å². The molecule has 0 saturated heterocycles. The van der Waals surface area contributed by atoms with Gasteiger partial charge in [-0.2, -0.15) is 0 Å². The summed E-state index contributed by atoms with van der Waals surface area (Å²) in [7, 11) is 0. The van der Waals surface area contributed by atoms with Crippen molar-refractivity contribution in [3.05, 3.63) is 218 Å². The first-order valence-electron chi connectivity index (χ1n) is 18.5. The van der Waals surface area contributed by atoms with Crippen LogP contribution in [-0.4, -0.2) is 4.57 Å². The highest BCUT2D eigenvalue weighted by Gasteiger charge is 2.20. The smallest absolute Gasteiger partial charge is 0.0541 e. The molecule has 0 unspecified atom stereocenters. The lowest BCUT2D eigenvalue weighted by Gasteiger charge is -2.28. The number of benzene rings is 9. The molecule has 1 heterocycles. The lowest BCUT2D eigenvalue weighted by Crippen LogP contribution is -2.11. The van der Waals surface area contributed by atoms with E-state index in [0.717, 1.165) is 22.7 Å². The SMILES string of the molecule is c1ccc(-c2cccc3cccc(-c4ccccc4N(c4ccccc4)c4cccc(-c5ccc6c(c5)c5ccccc5n6-c5ccccc5)c4)c23)cc1. The summed E-state index contributed by atoms with van der Waals surface area (Å²) in [5, 5.41) is 4.97. The molecule has 0 saturated carbocycles. The average Bonchev–Trinajstić information content (AvgIpc) is 3.58. The van der Waals surface area contributed by atoms with Crippen molar-refractivity contribution in [2.24, 2.45) is 0 Å². The van der Waals surface area contributed by atoms with Crippen LogP contribution in [0.3, 0.4) is 0 Å². The molecule has 254 valence electrons. The Morgan fingerprint density at radius 1 is 0.333 bits per heavy atom. The van der Waals surface area contributed by atoms with Crippen molar-refractivity contribution >= 4 is 49.6 Å². The number of aromatic nitrogens is 1. The number of anilines is 3. The molecule has 0 aliphatic carbocycles. The van der Waals surface area contributed by atoms with E-state index < -0.39 is 0 Å². The molecular weight excluding hydrogens is 653 g/mol. The van der Waals surface area contributed by atoms with Crippen LogP contribution in [0.15, 0.2) is 218 Å². The van der Waals surface area contributed by atoms with E-state index in [4.69, 9.17) is 0 Å². The minimum absolute atomic E-state index is 1.10. The zero-order chi connectivity index (χ0) is 35.8. The summed E-state index contributed by atoms with van der Waals surface area (Å²) in [4.78, 5) is 2.41. The molecule has 54 heavy (non-hydrogen) atoms. The first-order valence-corrected chi connectivity index (χ1v) is 18.5. The Kier molecular flexibility index (Phi) is 7.85. The quantitative estimate of drug-likeness (QED) is 0.162. The maximum Gasteiger partial charge on any atom is 0.0541 e. The molecule has 0 aliphatic rings. The van der Waals surface area contributed by atoms with Gasteiger partial charge >= 0.3 is 0 Å². The molecule has 10 aromatic rings. The van der Waals surface area contributed by atoms with E-state index in [1.54, 1.807) is 0 Å². The van der Waals surface area contributed by atoms with Crippen LogP contribution in [0.25, 0.3) is 71.6 Å². The van der Waals surface area contributed by atoms with E-state index >= 15 is 0 Å². The highest BCUT2D eigenvalue weighted by Crippen LogP contribution is 2.45. The van der Waals surface area contributed by atoms with Gasteiger partial charge in [-0.1, -0.05) is 158 Å². The zero-order valence-corrected chi connectivity index (χ0v) is 29.7. The van der Waals surface area contributed by atoms with Crippen LogP contribution in [-0.2, 0) is 0 Å². The average molecular weight is 689 g/mol. The maximum absolute atomic E-state index is 2.41. The Balaban J connectivity index is 1.15. The van der Waals surface area contributed by atoms with Crippen LogP contribution in [0.2, 0.25) is 0 Å². The number of nitrogens with zero attached hydrogens (tertiary/aromatic N) is 2. The summed E-state index contributed by atoms with van der Waals surface area (Å²) < 4.78 is 2.37. The van der Waals surface area contributed by atoms with Crippen molar-refractivity contribution in [1.29, 1.82) is 0 Å². The molecule has 0 atom stereocenters. The first-order chi connectivity index (χ1) is 26.8. The Hall–Kier alpha value is -7.16. The van der Waals surface area contributed by atoms with Crippen molar-refractivity contribution in [2.45, 2.75) is 0 Å². The molecule has 0 amide bonds. The predicted octanol–water partition coefficient (Wildman–Crippen LogP) is 14.4. The Morgan fingerprint density at radius 3 is 1.72 bits per heavy atom. The second-order valence-electron chi connectivity index (χ2n) is 13.7. The fraction of sp³-hybridized carbons (Fsp3) is 0. The molecule has 2 heteroatoms. The summed E-state index contributed by atoms with van der Waals surface area (Å²) in [5.74, 6) is 0. The molecule has 0 N–H and O–H groups in total. The third-order valence-corrected chi connectivity index (χ3v) is 10.6. The third kappa shape index (κ3) is 5.44. The van der Waals surface area contributed by atoms with Crippen LogP contribution in [0, 0.1) is 0 Å². The van der Waals surface area contributed by atoms with E-state index in [9.17, 15) is 0 Å². The van der Waals surface area contributed by atoms with Gasteiger partial charge in [-0.25, -0.2) is 0 Å². The molecule has 0 radical (unpaired) electrons. The van der Waals surface area contributed by atoms with Gasteiger partial charge in [-0.05, 0) is 99.3 Å². The van der Waals surface area contributed by atoms with Gasteiger partial charge in [-0.15, -0.1) is 0 Å². The number of para-hydroxylation sites is 4. The highest BCUT2D eigenvalue weighted by atomic mass is 15.1. The van der Waals surface area contributed by atoms with Crippen molar-refractivity contribution in [3.8, 4) is 39.1 Å². The van der Waals surface area contributed by atoms with E-state index in [1.807, 2.05) is 0 Å². The van der Waals surface area contributed by atoms with Crippen LogP contribution in [0.4, 0.5) is 17.1 Å². The molecule has 1 aromatic heterocycles. The van der Waals surface area contributed by atoms with Gasteiger partial charge in [0.2, 0.25) is 0 Å². The fourth-order valence-corrected chi connectivity index (χ4v) is 8.16. The summed E-state index contributed by atoms with van der Waals surface area (Å²) in [6, 6.07) is 78.8. The lowest BCUT2D eigenvalue weighted by atomic mass is 9.90. The number of hydrogen-bond acceptors (Lipinski definition) is 1. The minimum atomic E-state index is 1.10. The molecule has 0 fully saturated rings. The second-order valence-corrected chi connectivity index (χ2v) is 13.7. The van der Waals surface area contributed by atoms with Crippen LogP contribution in [0.1, 0.15) is 0 Å². The fourth-order valence-electron chi connectivity index (χ4n) is 8.16. The van der Waals surface area contributed by atoms with Gasteiger partial charge in [0.05, 0.1) is 16.7 Å². The van der Waals surface area contributed by atoms with E-state index in [-0.39, 0.29) is 0 Å². The number of hydrogen-bond donors (Lipinski definition) is 0. The predicted molar refractivity (Wildman–Crippen MR) is 229 cm³/mol. The standard InChI is InChI=1S/C52H36N2/c1-4-17-37(18-5-1)44-29-15-19-38-20-16-30-47(52(38)44)45-27-10-12-31-49(45)53(41-22-6-2-7-23-41)43-26-14-21-39(35-43)40-33-34-51-48(36-40)46-28-11-13-32-50(46)54(51)42-24-8-3-9-25-42/h1-36H. The van der Waals surface area contributed by atoms with Gasteiger partial charge in [0.25, 0.3) is 0 Å². The van der Waals surface area contributed by atoms with E-state index in [0.29, 0.717) is 0 Å². The largest absolute Gasteiger partial charge is 0.310 e. The third-order valence-electron chi connectivity index (χ3n) is 10.6. The van der Waals surface area contributed by atoms with Gasteiger partial charge in [0.15, 0.2) is 0 Å². The Morgan fingerprint density at radius 2 is 0.907 bits per heavy atom. The van der Waals surface area contributed by atoms with Gasteiger partial charge in [0, 0.05) is 33.4 Å². The highest BCUT2D eigenvalue weighted by molar-refractivity contribution is 6.11. The topological polar surface area (TPSA) is 8.17 Å². The second kappa shape index (κ2) is 13.4. The van der Waals surface area contributed by atoms with Crippen molar-refractivity contribution in [1.82, 2.24) is 4.57 Å². The molecular formula is C52H36N2. The summed E-state index contributed by atoms with van der Waals surface area (Å²) in [5.41, 5.74) is 14.1. The zero-order valence-electron chi connectivity index (χ0n) is 29.7. The summed E-state index contributed by atoms with van der Waals surface area (Å²) in [6.07, 6.45) is 0. The molecule has 10 rings (SSSR count).